The standard InChI is InChI=1S/C28H25F2N3O8S2/c1-43(37,38)13-12-40-28(36)41-26-20(34)8-9-32-25(26)27(35)31-10-11-39-14-22(31)33(32)24-16-6-7-19(29)23(30)18(16)15-42-21-5-3-2-4-17(21)24/h2-9,22,24H,10-15H2,1H3/t22-,24+/m1/s1. The van der Waals surface area contributed by atoms with Crippen molar-refractivity contribution in [3.63, 3.8) is 0 Å². The molecule has 6 rings (SSSR count). The summed E-state index contributed by atoms with van der Waals surface area (Å²) in [6.45, 7) is -0.125. The van der Waals surface area contributed by atoms with Gasteiger partial charge in [-0.25, -0.2) is 22.0 Å². The number of rotatable bonds is 5. The fourth-order valence-corrected chi connectivity index (χ4v) is 6.96. The Morgan fingerprint density at radius 1 is 1.12 bits per heavy atom. The van der Waals surface area contributed by atoms with Crippen LogP contribution in [0.3, 0.4) is 0 Å². The molecule has 0 aliphatic carbocycles. The summed E-state index contributed by atoms with van der Waals surface area (Å²) in [5.41, 5.74) is 0.258. The molecule has 3 aliphatic heterocycles. The SMILES string of the molecule is CS(=O)(=O)CCOC(=O)Oc1c2n(ccc1=O)N([C@@H]1c3ccccc3SCc3c1ccc(F)c3F)[C@@H]1COCCN1C2=O. The van der Waals surface area contributed by atoms with Crippen LogP contribution in [0.2, 0.25) is 0 Å². The highest BCUT2D eigenvalue weighted by Gasteiger charge is 2.46. The van der Waals surface area contributed by atoms with Crippen LogP contribution in [-0.2, 0) is 25.1 Å². The van der Waals surface area contributed by atoms with Crippen molar-refractivity contribution in [1.82, 2.24) is 9.58 Å². The molecule has 2 aromatic carbocycles. The number of ether oxygens (including phenoxy) is 3. The topological polar surface area (TPSA) is 124 Å². The zero-order valence-corrected chi connectivity index (χ0v) is 24.3. The molecule has 226 valence electrons. The van der Waals surface area contributed by atoms with E-state index in [0.29, 0.717) is 5.56 Å². The minimum atomic E-state index is -3.44. The minimum absolute atomic E-state index is 0.0614. The molecular weight excluding hydrogens is 608 g/mol. The first kappa shape index (κ1) is 29.1. The van der Waals surface area contributed by atoms with Gasteiger partial charge < -0.3 is 19.1 Å². The maximum Gasteiger partial charge on any atom is 0.514 e. The zero-order valence-electron chi connectivity index (χ0n) is 22.7. The maximum atomic E-state index is 15.3. The summed E-state index contributed by atoms with van der Waals surface area (Å²) in [6, 6.07) is 10.2. The average molecular weight is 634 g/mol. The fraction of sp³-hybridized carbons (Fsp3) is 0.321. The van der Waals surface area contributed by atoms with Crippen molar-refractivity contribution in [2.24, 2.45) is 0 Å². The van der Waals surface area contributed by atoms with E-state index in [1.807, 2.05) is 24.3 Å². The van der Waals surface area contributed by atoms with Gasteiger partial charge in [0.15, 0.2) is 27.2 Å². The molecule has 3 aromatic rings. The first-order valence-corrected chi connectivity index (χ1v) is 16.2. The lowest BCUT2D eigenvalue weighted by atomic mass is 9.93. The summed E-state index contributed by atoms with van der Waals surface area (Å²) >= 11 is 1.34. The average Bonchev–Trinajstić information content (AvgIpc) is 3.13. The third-order valence-electron chi connectivity index (χ3n) is 7.39. The van der Waals surface area contributed by atoms with Gasteiger partial charge in [0.2, 0.25) is 11.2 Å². The number of amides is 1. The number of fused-ring (bicyclic) bond motifs is 4. The van der Waals surface area contributed by atoms with Crippen LogP contribution in [0.1, 0.15) is 33.2 Å². The summed E-state index contributed by atoms with van der Waals surface area (Å²) in [4.78, 5) is 41.7. The van der Waals surface area contributed by atoms with Gasteiger partial charge >= 0.3 is 6.16 Å². The lowest BCUT2D eigenvalue weighted by Gasteiger charge is -2.51. The van der Waals surface area contributed by atoms with Crippen LogP contribution in [0.15, 0.2) is 58.4 Å². The molecule has 1 amide bonds. The Kier molecular flexibility index (Phi) is 7.64. The first-order valence-electron chi connectivity index (χ1n) is 13.2. The lowest BCUT2D eigenvalue weighted by molar-refractivity contribution is -0.0198. The number of aromatic nitrogens is 1. The molecule has 0 radical (unpaired) electrons. The van der Waals surface area contributed by atoms with Crippen molar-refractivity contribution < 1.29 is 41.0 Å². The van der Waals surface area contributed by atoms with Gasteiger partial charge in [-0.1, -0.05) is 24.3 Å². The van der Waals surface area contributed by atoms with E-state index in [2.05, 4.69) is 0 Å². The number of sulfone groups is 1. The number of nitrogens with zero attached hydrogens (tertiary/aromatic N) is 3. The molecule has 15 heteroatoms. The smallest absolute Gasteiger partial charge is 0.433 e. The van der Waals surface area contributed by atoms with E-state index in [1.54, 1.807) is 5.01 Å². The quantitative estimate of drug-likeness (QED) is 0.388. The second-order valence-electron chi connectivity index (χ2n) is 10.1. The highest BCUT2D eigenvalue weighted by atomic mass is 32.2. The summed E-state index contributed by atoms with van der Waals surface area (Å²) in [7, 11) is -3.44. The molecule has 4 heterocycles. The predicted molar refractivity (Wildman–Crippen MR) is 150 cm³/mol. The van der Waals surface area contributed by atoms with Gasteiger partial charge in [0, 0.05) is 41.3 Å². The first-order chi connectivity index (χ1) is 20.5. The van der Waals surface area contributed by atoms with Gasteiger partial charge in [-0.05, 0) is 23.3 Å². The monoisotopic (exact) mass is 633 g/mol. The summed E-state index contributed by atoms with van der Waals surface area (Å²) in [5.74, 6) is -3.53. The van der Waals surface area contributed by atoms with Crippen LogP contribution < -0.4 is 15.2 Å². The van der Waals surface area contributed by atoms with Crippen LogP contribution in [-0.4, -0.2) is 74.6 Å². The van der Waals surface area contributed by atoms with E-state index in [-0.39, 0.29) is 36.8 Å². The molecule has 11 nitrogen and oxygen atoms in total. The second kappa shape index (κ2) is 11.3. The molecule has 0 bridgehead atoms. The molecule has 0 N–H and O–H groups in total. The van der Waals surface area contributed by atoms with Gasteiger partial charge in [-0.3, -0.25) is 19.3 Å². The maximum absolute atomic E-state index is 15.3. The molecular formula is C28H25F2N3O8S2. The van der Waals surface area contributed by atoms with Crippen LogP contribution in [0, 0.1) is 11.6 Å². The fourth-order valence-electron chi connectivity index (χ4n) is 5.46. The minimum Gasteiger partial charge on any atom is -0.433 e. The van der Waals surface area contributed by atoms with E-state index in [0.717, 1.165) is 28.8 Å². The number of pyridine rings is 1. The van der Waals surface area contributed by atoms with E-state index in [9.17, 15) is 27.2 Å². The van der Waals surface area contributed by atoms with Gasteiger partial charge in [-0.15, -0.1) is 11.8 Å². The number of carbonyl (C=O) groups excluding carboxylic acids is 2. The van der Waals surface area contributed by atoms with E-state index < -0.39 is 69.3 Å². The molecule has 0 unspecified atom stereocenters. The summed E-state index contributed by atoms with van der Waals surface area (Å²) in [6.07, 6.45) is 0.213. The highest BCUT2D eigenvalue weighted by Crippen LogP contribution is 2.45. The number of hydrogen-bond donors (Lipinski definition) is 0. The Hall–Kier alpha value is -3.95. The predicted octanol–water partition coefficient (Wildman–Crippen LogP) is 2.83. The molecule has 1 saturated heterocycles. The molecule has 3 aliphatic rings. The number of morpholine rings is 1. The van der Waals surface area contributed by atoms with E-state index >= 15 is 4.39 Å². The van der Waals surface area contributed by atoms with Crippen LogP contribution >= 0.6 is 11.8 Å². The Labute approximate surface area is 248 Å². The van der Waals surface area contributed by atoms with Crippen molar-refractivity contribution in [3.05, 3.63) is 92.9 Å². The Morgan fingerprint density at radius 3 is 2.70 bits per heavy atom. The lowest BCUT2D eigenvalue weighted by Crippen LogP contribution is -2.66. The van der Waals surface area contributed by atoms with Crippen molar-refractivity contribution in [3.8, 4) is 5.75 Å². The van der Waals surface area contributed by atoms with Crippen molar-refractivity contribution >= 4 is 33.7 Å². The number of halogens is 2. The molecule has 43 heavy (non-hydrogen) atoms. The Morgan fingerprint density at radius 2 is 1.91 bits per heavy atom. The number of benzene rings is 2. The molecule has 0 saturated carbocycles. The van der Waals surface area contributed by atoms with Crippen LogP contribution in [0.5, 0.6) is 5.75 Å². The largest absolute Gasteiger partial charge is 0.514 e. The summed E-state index contributed by atoms with van der Waals surface area (Å²) in [5, 5.41) is 1.73. The van der Waals surface area contributed by atoms with Gasteiger partial charge in [0.05, 0.1) is 25.0 Å². The van der Waals surface area contributed by atoms with Crippen molar-refractivity contribution in [2.45, 2.75) is 22.9 Å². The third-order valence-corrected chi connectivity index (χ3v) is 9.42. The number of carbonyl (C=O) groups is 2. The Bertz CT molecular complexity index is 1800. The molecule has 1 aromatic heterocycles. The second-order valence-corrected chi connectivity index (χ2v) is 13.4. The number of thioether (sulfide) groups is 1. The highest BCUT2D eigenvalue weighted by molar-refractivity contribution is 7.98. The zero-order chi connectivity index (χ0) is 30.5. The van der Waals surface area contributed by atoms with Gasteiger partial charge in [0.1, 0.15) is 12.8 Å². The Balaban J connectivity index is 1.53. The normalized spacial score (nSPS) is 19.5. The van der Waals surface area contributed by atoms with E-state index in [1.165, 1.54) is 33.6 Å². The molecule has 1 fully saturated rings. The van der Waals surface area contributed by atoms with Crippen LogP contribution in [0.4, 0.5) is 13.6 Å². The van der Waals surface area contributed by atoms with E-state index in [4.69, 9.17) is 14.2 Å². The summed E-state index contributed by atoms with van der Waals surface area (Å²) < 4.78 is 69.8. The van der Waals surface area contributed by atoms with Crippen molar-refractivity contribution in [2.75, 3.05) is 43.4 Å². The molecule has 0 spiro atoms. The number of hydrogen-bond acceptors (Lipinski definition) is 10. The van der Waals surface area contributed by atoms with Gasteiger partial charge in [-0.2, -0.15) is 0 Å². The third kappa shape index (κ3) is 5.36. The van der Waals surface area contributed by atoms with Crippen LogP contribution in [0.25, 0.3) is 0 Å². The molecule has 2 atom stereocenters. The van der Waals surface area contributed by atoms with Crippen molar-refractivity contribution in [1.29, 1.82) is 0 Å². The van der Waals surface area contributed by atoms with Gasteiger partial charge in [0.25, 0.3) is 5.91 Å².